The normalized spacial score (nSPS) is 13.4. The molecule has 0 radical (unpaired) electrons. The van der Waals surface area contributed by atoms with Crippen LogP contribution in [0.3, 0.4) is 0 Å². The zero-order valence-corrected chi connectivity index (χ0v) is 31.0. The van der Waals surface area contributed by atoms with Gasteiger partial charge in [-0.3, -0.25) is 9.55 Å². The predicted molar refractivity (Wildman–Crippen MR) is 223 cm³/mol. The van der Waals surface area contributed by atoms with Crippen LogP contribution in [0.25, 0.3) is 38.9 Å². The maximum atomic E-state index is 4.96. The molecule has 1 aliphatic rings. The highest BCUT2D eigenvalue weighted by Gasteiger charge is 2.39. The lowest BCUT2D eigenvalue weighted by Crippen LogP contribution is -2.31. The van der Waals surface area contributed by atoms with Crippen molar-refractivity contribution in [3.8, 4) is 17.1 Å². The summed E-state index contributed by atoms with van der Waals surface area (Å²) >= 11 is 1.87. The first-order valence-corrected chi connectivity index (χ1v) is 19.3. The van der Waals surface area contributed by atoms with Gasteiger partial charge in [0.1, 0.15) is 5.82 Å². The molecular weight excluding hydrogens is 675 g/mol. The minimum Gasteiger partial charge on any atom is -0.294 e. The average Bonchev–Trinajstić information content (AvgIpc) is 3.55. The third kappa shape index (κ3) is 4.98. The van der Waals surface area contributed by atoms with E-state index in [2.05, 4.69) is 182 Å². The van der Waals surface area contributed by atoms with Crippen molar-refractivity contribution >= 4 is 33.6 Å². The quantitative estimate of drug-likeness (QED) is 0.161. The number of rotatable bonds is 6. The molecule has 0 unspecified atom stereocenters. The highest BCUT2D eigenvalue weighted by Crippen LogP contribution is 2.52. The summed E-state index contributed by atoms with van der Waals surface area (Å²) in [4.78, 5) is 12.3. The van der Waals surface area contributed by atoms with Crippen molar-refractivity contribution in [3.63, 3.8) is 0 Å². The van der Waals surface area contributed by atoms with Crippen molar-refractivity contribution in [2.75, 3.05) is 0 Å². The Morgan fingerprint density at radius 3 is 1.85 bits per heavy atom. The highest BCUT2D eigenvalue weighted by atomic mass is 32.2. The van der Waals surface area contributed by atoms with Crippen LogP contribution >= 0.6 is 11.8 Å². The Morgan fingerprint density at radius 2 is 1.13 bits per heavy atom. The van der Waals surface area contributed by atoms with Gasteiger partial charge >= 0.3 is 0 Å². The molecule has 1 aliphatic heterocycles. The van der Waals surface area contributed by atoms with E-state index in [9.17, 15) is 0 Å². The van der Waals surface area contributed by atoms with Gasteiger partial charge < -0.3 is 0 Å². The van der Waals surface area contributed by atoms with E-state index < -0.39 is 5.41 Å². The van der Waals surface area contributed by atoms with Crippen molar-refractivity contribution in [3.05, 3.63) is 222 Å². The first-order chi connectivity index (χ1) is 26.5. The van der Waals surface area contributed by atoms with Gasteiger partial charge in [0.05, 0.1) is 22.1 Å². The van der Waals surface area contributed by atoms with Gasteiger partial charge in [-0.15, -0.1) is 0 Å². The lowest BCUT2D eigenvalue weighted by Gasteiger charge is -2.37. The lowest BCUT2D eigenvalue weighted by atomic mass is 9.65. The van der Waals surface area contributed by atoms with E-state index in [1.54, 1.807) is 0 Å². The number of hydrogen-bond donors (Lipinski definition) is 0. The summed E-state index contributed by atoms with van der Waals surface area (Å²) in [5.74, 6) is 0.900. The SMILES string of the molecule is CC1(C)c2ccccc2Sc2cc3c(cc21)c1ccc(C(c2ccccc2)(c2ccccc2)c2cccc(-c4ccccn4)c2)cc1n3-c1ccccn1. The van der Waals surface area contributed by atoms with E-state index in [1.165, 1.54) is 53.9 Å². The van der Waals surface area contributed by atoms with E-state index >= 15 is 0 Å². The van der Waals surface area contributed by atoms with E-state index in [-0.39, 0.29) is 5.41 Å². The molecule has 10 rings (SSSR count). The van der Waals surface area contributed by atoms with Crippen LogP contribution in [0.2, 0.25) is 0 Å². The van der Waals surface area contributed by atoms with Crippen LogP contribution in [-0.4, -0.2) is 14.5 Å². The average molecular weight is 712 g/mol. The Balaban J connectivity index is 1.30. The van der Waals surface area contributed by atoms with Crippen LogP contribution in [0, 0.1) is 0 Å². The molecule has 4 heterocycles. The molecule has 258 valence electrons. The number of hydrogen-bond acceptors (Lipinski definition) is 3. The van der Waals surface area contributed by atoms with Gasteiger partial charge in [-0.05, 0) is 88.0 Å². The van der Waals surface area contributed by atoms with Crippen LogP contribution in [-0.2, 0) is 10.8 Å². The third-order valence-corrected chi connectivity index (χ3v) is 12.4. The molecule has 3 nitrogen and oxygen atoms in total. The minimum absolute atomic E-state index is 0.140. The number of fused-ring (bicyclic) bond motifs is 5. The van der Waals surface area contributed by atoms with Crippen molar-refractivity contribution < 1.29 is 0 Å². The van der Waals surface area contributed by atoms with E-state index in [0.717, 1.165) is 28.1 Å². The summed E-state index contributed by atoms with van der Waals surface area (Å²) in [6, 6.07) is 63.9. The molecule has 0 bridgehead atoms. The van der Waals surface area contributed by atoms with Crippen molar-refractivity contribution in [2.45, 2.75) is 34.5 Å². The molecule has 6 aromatic carbocycles. The molecule has 54 heavy (non-hydrogen) atoms. The number of aromatic nitrogens is 3. The second-order valence-electron chi connectivity index (χ2n) is 14.6. The maximum absolute atomic E-state index is 4.96. The smallest absolute Gasteiger partial charge is 0.137 e. The van der Waals surface area contributed by atoms with Gasteiger partial charge in [0.15, 0.2) is 0 Å². The Kier molecular flexibility index (Phi) is 7.64. The maximum Gasteiger partial charge on any atom is 0.137 e. The summed E-state index contributed by atoms with van der Waals surface area (Å²) in [6.07, 6.45) is 3.76. The number of benzene rings is 6. The van der Waals surface area contributed by atoms with Crippen LogP contribution < -0.4 is 0 Å². The molecule has 0 aliphatic carbocycles. The van der Waals surface area contributed by atoms with Gasteiger partial charge in [-0.25, -0.2) is 4.98 Å². The third-order valence-electron chi connectivity index (χ3n) is 11.3. The molecular formula is C50H37N3S. The fourth-order valence-electron chi connectivity index (χ4n) is 8.74. The van der Waals surface area contributed by atoms with Crippen LogP contribution in [0.1, 0.15) is 47.2 Å². The van der Waals surface area contributed by atoms with Crippen LogP contribution in [0.4, 0.5) is 0 Å². The van der Waals surface area contributed by atoms with Gasteiger partial charge in [0, 0.05) is 43.9 Å². The van der Waals surface area contributed by atoms with Crippen molar-refractivity contribution in [1.82, 2.24) is 14.5 Å². The Hall–Kier alpha value is -6.23. The zero-order chi connectivity index (χ0) is 36.3. The minimum atomic E-state index is -0.647. The fourth-order valence-corrected chi connectivity index (χ4v) is 10.2. The van der Waals surface area contributed by atoms with Crippen molar-refractivity contribution in [2.24, 2.45) is 0 Å². The molecule has 0 amide bonds. The molecule has 4 heteroatoms. The molecule has 0 fully saturated rings. The summed E-state index contributed by atoms with van der Waals surface area (Å²) < 4.78 is 2.37. The highest BCUT2D eigenvalue weighted by molar-refractivity contribution is 7.99. The molecule has 0 saturated heterocycles. The Labute approximate surface area is 320 Å². The standard InChI is InChI=1S/C50H37N3S/c1-49(2)41-22-9-10-24-46(41)54-47-33-45-40(32-42(47)49)39-27-26-38(31-44(39)53(45)48-25-12-14-29-52-48)50(35-17-5-3-6-18-35,36-19-7-4-8-20-36)37-21-15-16-34(30-37)43-23-11-13-28-51-43/h3-33H,1-2H3. The molecule has 0 atom stereocenters. The lowest BCUT2D eigenvalue weighted by molar-refractivity contribution is 0.608. The zero-order valence-electron chi connectivity index (χ0n) is 30.1. The van der Waals surface area contributed by atoms with Crippen LogP contribution in [0.15, 0.2) is 198 Å². The van der Waals surface area contributed by atoms with Gasteiger partial charge in [0.2, 0.25) is 0 Å². The summed E-state index contributed by atoms with van der Waals surface area (Å²) in [7, 11) is 0. The van der Waals surface area contributed by atoms with Gasteiger partial charge in [-0.1, -0.05) is 147 Å². The first kappa shape index (κ1) is 32.4. The van der Waals surface area contributed by atoms with E-state index in [1.807, 2.05) is 36.3 Å². The summed E-state index contributed by atoms with van der Waals surface area (Å²) in [6.45, 7) is 4.72. The Bertz CT molecular complexity index is 2770. The van der Waals surface area contributed by atoms with Crippen molar-refractivity contribution in [1.29, 1.82) is 0 Å². The second kappa shape index (κ2) is 12.7. The molecule has 9 aromatic rings. The monoisotopic (exact) mass is 711 g/mol. The van der Waals surface area contributed by atoms with E-state index in [4.69, 9.17) is 9.97 Å². The van der Waals surface area contributed by atoms with Crippen LogP contribution in [0.5, 0.6) is 0 Å². The van der Waals surface area contributed by atoms with Gasteiger partial charge in [0.25, 0.3) is 0 Å². The molecule has 0 N–H and O–H groups in total. The second-order valence-corrected chi connectivity index (χ2v) is 15.7. The fraction of sp³-hybridized carbons (Fsp3) is 0.0800. The summed E-state index contributed by atoms with van der Waals surface area (Å²) in [5.41, 5.74) is 11.0. The molecule has 0 saturated carbocycles. The van der Waals surface area contributed by atoms with Gasteiger partial charge in [-0.2, -0.15) is 0 Å². The Morgan fingerprint density at radius 1 is 0.481 bits per heavy atom. The molecule has 0 spiro atoms. The van der Waals surface area contributed by atoms with E-state index in [0.29, 0.717) is 0 Å². The first-order valence-electron chi connectivity index (χ1n) is 18.5. The topological polar surface area (TPSA) is 30.7 Å². The summed E-state index contributed by atoms with van der Waals surface area (Å²) in [5, 5.41) is 2.44. The molecule has 3 aromatic heterocycles. The number of nitrogens with zero attached hydrogens (tertiary/aromatic N) is 3. The largest absolute Gasteiger partial charge is 0.294 e. The number of pyridine rings is 2. The predicted octanol–water partition coefficient (Wildman–Crippen LogP) is 12.4.